The lowest BCUT2D eigenvalue weighted by atomic mass is 10.2. The molecule has 0 aliphatic rings. The molecule has 1 N–H and O–H groups in total. The molecule has 0 atom stereocenters. The van der Waals surface area contributed by atoms with Crippen LogP contribution in [0.25, 0.3) is 0 Å². The Bertz CT molecular complexity index is 941. The summed E-state index contributed by atoms with van der Waals surface area (Å²) < 4.78 is 41.6. The van der Waals surface area contributed by atoms with E-state index in [4.69, 9.17) is 14.2 Å². The largest absolute Gasteiger partial charge is 0.497 e. The van der Waals surface area contributed by atoms with Crippen LogP contribution in [0.2, 0.25) is 0 Å². The summed E-state index contributed by atoms with van der Waals surface area (Å²) in [5, 5.41) is 2.70. The number of benzene rings is 2. The van der Waals surface area contributed by atoms with Gasteiger partial charge in [0.25, 0.3) is 5.91 Å². The van der Waals surface area contributed by atoms with Gasteiger partial charge < -0.3 is 19.5 Å². The molecule has 0 aliphatic carbocycles. The van der Waals surface area contributed by atoms with Crippen LogP contribution < -0.4 is 19.5 Å². The summed E-state index contributed by atoms with van der Waals surface area (Å²) in [7, 11) is 3.38. The van der Waals surface area contributed by atoms with Crippen molar-refractivity contribution in [2.45, 2.75) is 4.90 Å². The van der Waals surface area contributed by atoms with Crippen molar-refractivity contribution in [3.8, 4) is 17.2 Å². The van der Waals surface area contributed by atoms with Gasteiger partial charge >= 0.3 is 0 Å². The molecule has 27 heavy (non-hydrogen) atoms. The van der Waals surface area contributed by atoms with E-state index < -0.39 is 15.9 Å². The number of hydrogen-bond donors (Lipinski definition) is 1. The minimum absolute atomic E-state index is 0.0970. The van der Waals surface area contributed by atoms with Crippen LogP contribution in [0.4, 0.5) is 5.69 Å². The molecule has 0 radical (unpaired) electrons. The van der Waals surface area contributed by atoms with Crippen molar-refractivity contribution in [3.05, 3.63) is 42.0 Å². The van der Waals surface area contributed by atoms with Crippen LogP contribution in [-0.2, 0) is 10.0 Å². The maximum atomic E-state index is 12.7. The molecule has 0 unspecified atom stereocenters. The summed E-state index contributed by atoms with van der Waals surface area (Å²) >= 11 is 0. The Kier molecular flexibility index (Phi) is 6.29. The topological polar surface area (TPSA) is 94.2 Å². The number of sulfonamides is 1. The second kappa shape index (κ2) is 8.28. The van der Waals surface area contributed by atoms with E-state index in [2.05, 4.69) is 5.32 Å². The Morgan fingerprint density at radius 3 is 2.11 bits per heavy atom. The molecule has 0 bridgehead atoms. The average molecular weight is 394 g/mol. The summed E-state index contributed by atoms with van der Waals surface area (Å²) in [6, 6.07) is 9.16. The van der Waals surface area contributed by atoms with Gasteiger partial charge in [-0.2, -0.15) is 0 Å². The zero-order valence-electron chi connectivity index (χ0n) is 15.8. The minimum Gasteiger partial charge on any atom is -0.497 e. The number of methoxy groups -OCH3 is 3. The number of amides is 1. The summed E-state index contributed by atoms with van der Waals surface area (Å²) in [6.07, 6.45) is 0. The predicted octanol–water partition coefficient (Wildman–Crippen LogP) is 2.21. The quantitative estimate of drug-likeness (QED) is 0.774. The van der Waals surface area contributed by atoms with Crippen molar-refractivity contribution >= 4 is 21.6 Å². The monoisotopic (exact) mass is 394 g/mol. The zero-order chi connectivity index (χ0) is 20.2. The number of rotatable bonds is 7. The van der Waals surface area contributed by atoms with Crippen LogP contribution in [0, 0.1) is 0 Å². The lowest BCUT2D eigenvalue weighted by Crippen LogP contribution is -2.23. The lowest BCUT2D eigenvalue weighted by Gasteiger charge is -2.16. The van der Waals surface area contributed by atoms with Crippen molar-refractivity contribution in [1.29, 1.82) is 0 Å². The molecule has 2 aromatic carbocycles. The second-order valence-corrected chi connectivity index (χ2v) is 7.79. The molecule has 0 aliphatic heterocycles. The molecular formula is C18H22N2O6S. The van der Waals surface area contributed by atoms with Crippen molar-refractivity contribution in [3.63, 3.8) is 0 Å². The van der Waals surface area contributed by atoms with E-state index in [-0.39, 0.29) is 16.2 Å². The normalized spacial score (nSPS) is 11.2. The summed E-state index contributed by atoms with van der Waals surface area (Å²) in [5.41, 5.74) is 0.552. The van der Waals surface area contributed by atoms with Crippen LogP contribution >= 0.6 is 0 Å². The van der Waals surface area contributed by atoms with Gasteiger partial charge in [0.2, 0.25) is 10.0 Å². The Morgan fingerprint density at radius 1 is 0.926 bits per heavy atom. The Balaban J connectivity index is 2.43. The fourth-order valence-corrected chi connectivity index (χ4v) is 3.40. The smallest absolute Gasteiger partial charge is 0.255 e. The highest BCUT2D eigenvalue weighted by Crippen LogP contribution is 2.31. The number of anilines is 1. The minimum atomic E-state index is -3.79. The molecule has 2 aromatic rings. The highest BCUT2D eigenvalue weighted by Gasteiger charge is 2.24. The van der Waals surface area contributed by atoms with Gasteiger partial charge in [0.15, 0.2) is 0 Å². The van der Waals surface area contributed by atoms with Crippen molar-refractivity contribution in [1.82, 2.24) is 4.31 Å². The third-order valence-corrected chi connectivity index (χ3v) is 5.68. The molecule has 0 aromatic heterocycles. The van der Waals surface area contributed by atoms with Crippen LogP contribution in [0.5, 0.6) is 17.2 Å². The van der Waals surface area contributed by atoms with Crippen LogP contribution in [0.15, 0.2) is 41.3 Å². The Morgan fingerprint density at radius 2 is 1.56 bits per heavy atom. The van der Waals surface area contributed by atoms with Gasteiger partial charge in [0, 0.05) is 25.7 Å². The van der Waals surface area contributed by atoms with Gasteiger partial charge in [-0.05, 0) is 30.3 Å². The zero-order valence-corrected chi connectivity index (χ0v) is 16.6. The van der Waals surface area contributed by atoms with Crippen LogP contribution in [0.1, 0.15) is 10.4 Å². The molecule has 0 spiro atoms. The van der Waals surface area contributed by atoms with E-state index in [9.17, 15) is 13.2 Å². The molecule has 2 rings (SSSR count). The van der Waals surface area contributed by atoms with Crippen molar-refractivity contribution < 1.29 is 27.4 Å². The van der Waals surface area contributed by atoms with Crippen LogP contribution in [0.3, 0.4) is 0 Å². The fourth-order valence-electron chi connectivity index (χ4n) is 2.32. The number of hydrogen-bond acceptors (Lipinski definition) is 6. The highest BCUT2D eigenvalue weighted by atomic mass is 32.2. The molecule has 0 saturated heterocycles. The fraction of sp³-hybridized carbons (Fsp3) is 0.278. The number of ether oxygens (including phenoxy) is 3. The Labute approximate surface area is 158 Å². The number of nitrogens with zero attached hydrogens (tertiary/aromatic N) is 1. The summed E-state index contributed by atoms with van der Waals surface area (Å²) in [4.78, 5) is 12.6. The molecule has 0 fully saturated rings. The standard InChI is InChI=1S/C18H22N2O6S/c1-20(2)27(22,23)17-10-12(6-8-16(17)26-5)18(21)19-14-11-13(24-3)7-9-15(14)25-4/h6-11H,1-5H3,(H,19,21). The first kappa shape index (κ1) is 20.5. The third kappa shape index (κ3) is 4.32. The molecule has 1 amide bonds. The SMILES string of the molecule is COc1ccc(OC)c(NC(=O)c2ccc(OC)c(S(=O)(=O)N(C)C)c2)c1. The van der Waals surface area contributed by atoms with E-state index in [1.165, 1.54) is 53.6 Å². The molecule has 0 saturated carbocycles. The first-order valence-electron chi connectivity index (χ1n) is 7.88. The van der Waals surface area contributed by atoms with Gasteiger partial charge in [0.1, 0.15) is 22.1 Å². The lowest BCUT2D eigenvalue weighted by molar-refractivity contribution is 0.102. The second-order valence-electron chi connectivity index (χ2n) is 5.67. The highest BCUT2D eigenvalue weighted by molar-refractivity contribution is 7.89. The van der Waals surface area contributed by atoms with Gasteiger partial charge in [-0.25, -0.2) is 12.7 Å². The molecule has 0 heterocycles. The van der Waals surface area contributed by atoms with Gasteiger partial charge in [-0.3, -0.25) is 4.79 Å². The van der Waals surface area contributed by atoms with Gasteiger partial charge in [0.05, 0.1) is 27.0 Å². The number of nitrogens with one attached hydrogen (secondary N) is 1. The number of carbonyl (C=O) groups is 1. The van der Waals surface area contributed by atoms with E-state index in [1.54, 1.807) is 18.2 Å². The Hall–Kier alpha value is -2.78. The van der Waals surface area contributed by atoms with E-state index in [1.807, 2.05) is 0 Å². The predicted molar refractivity (Wildman–Crippen MR) is 101 cm³/mol. The van der Waals surface area contributed by atoms with Gasteiger partial charge in [-0.1, -0.05) is 0 Å². The molecule has 146 valence electrons. The molecule has 8 nitrogen and oxygen atoms in total. The van der Waals surface area contributed by atoms with E-state index in [0.717, 1.165) is 4.31 Å². The molecular weight excluding hydrogens is 372 g/mol. The van der Waals surface area contributed by atoms with Crippen molar-refractivity contribution in [2.75, 3.05) is 40.7 Å². The maximum absolute atomic E-state index is 12.7. The first-order valence-corrected chi connectivity index (χ1v) is 9.32. The third-order valence-electron chi connectivity index (χ3n) is 3.84. The number of carbonyl (C=O) groups excluding carboxylic acids is 1. The van der Waals surface area contributed by atoms with Crippen LogP contribution in [-0.4, -0.2) is 54.1 Å². The first-order chi connectivity index (χ1) is 12.7. The summed E-state index contributed by atoms with van der Waals surface area (Å²) in [5.74, 6) is 0.633. The average Bonchev–Trinajstić information content (AvgIpc) is 2.67. The van der Waals surface area contributed by atoms with E-state index >= 15 is 0 Å². The maximum Gasteiger partial charge on any atom is 0.255 e. The summed E-state index contributed by atoms with van der Waals surface area (Å²) in [6.45, 7) is 0. The van der Waals surface area contributed by atoms with Crippen molar-refractivity contribution in [2.24, 2.45) is 0 Å². The van der Waals surface area contributed by atoms with Gasteiger partial charge in [-0.15, -0.1) is 0 Å². The van der Waals surface area contributed by atoms with E-state index in [0.29, 0.717) is 17.2 Å². The molecule has 9 heteroatoms.